The van der Waals surface area contributed by atoms with Gasteiger partial charge < -0.3 is 5.11 Å². The number of carboxylic acid groups (broad SMARTS) is 1. The minimum atomic E-state index is -0.976. The predicted octanol–water partition coefficient (Wildman–Crippen LogP) is 3.01. The molecule has 5 nitrogen and oxygen atoms in total. The number of aromatic nitrogens is 3. The number of carboxylic acids is 1. The van der Waals surface area contributed by atoms with Gasteiger partial charge >= 0.3 is 5.97 Å². The van der Waals surface area contributed by atoms with E-state index >= 15 is 0 Å². The number of carbonyl (C=O) groups is 1. The summed E-state index contributed by atoms with van der Waals surface area (Å²) in [4.78, 5) is 24.6. The van der Waals surface area contributed by atoms with Gasteiger partial charge in [-0.2, -0.15) is 0 Å². The van der Waals surface area contributed by atoms with Gasteiger partial charge in [0.15, 0.2) is 0 Å². The van der Waals surface area contributed by atoms with Crippen LogP contribution in [0.15, 0.2) is 36.7 Å². The quantitative estimate of drug-likeness (QED) is 0.780. The van der Waals surface area contributed by atoms with Crippen molar-refractivity contribution >= 4 is 16.9 Å². The molecule has 1 N–H and O–H groups in total. The van der Waals surface area contributed by atoms with Crippen LogP contribution in [0.5, 0.6) is 0 Å². The van der Waals surface area contributed by atoms with Crippen LogP contribution in [0.3, 0.4) is 0 Å². The van der Waals surface area contributed by atoms with Crippen LogP contribution in [0.1, 0.15) is 21.6 Å². The average molecular weight is 279 g/mol. The van der Waals surface area contributed by atoms with Crippen LogP contribution in [0.25, 0.3) is 22.3 Å². The standard InChI is InChI=1S/C16H13N3O2/c1-9-4-3-5-11-12(16(20)21)8-13(19-14(9)11)15-10(2)17-6-7-18-15/h3-8H,1-2H3,(H,20,21). The van der Waals surface area contributed by atoms with E-state index in [-0.39, 0.29) is 5.56 Å². The van der Waals surface area contributed by atoms with Crippen LogP contribution in [0.2, 0.25) is 0 Å². The number of para-hydroxylation sites is 1. The summed E-state index contributed by atoms with van der Waals surface area (Å²) in [5.74, 6) is -0.976. The maximum Gasteiger partial charge on any atom is 0.336 e. The molecule has 104 valence electrons. The smallest absolute Gasteiger partial charge is 0.336 e. The lowest BCUT2D eigenvalue weighted by Crippen LogP contribution is -2.02. The highest BCUT2D eigenvalue weighted by atomic mass is 16.4. The van der Waals surface area contributed by atoms with Crippen LogP contribution >= 0.6 is 0 Å². The lowest BCUT2D eigenvalue weighted by atomic mass is 10.0. The second-order valence-corrected chi connectivity index (χ2v) is 4.82. The largest absolute Gasteiger partial charge is 0.478 e. The molecule has 2 aromatic heterocycles. The van der Waals surface area contributed by atoms with Crippen LogP contribution in [-0.2, 0) is 0 Å². The maximum atomic E-state index is 11.5. The zero-order valence-corrected chi connectivity index (χ0v) is 11.7. The van der Waals surface area contributed by atoms with Crippen molar-refractivity contribution < 1.29 is 9.90 Å². The Hall–Kier alpha value is -2.82. The number of aromatic carboxylic acids is 1. The molecule has 0 amide bonds. The summed E-state index contributed by atoms with van der Waals surface area (Å²) in [7, 11) is 0. The first kappa shape index (κ1) is 13.2. The molecular weight excluding hydrogens is 266 g/mol. The lowest BCUT2D eigenvalue weighted by molar-refractivity contribution is 0.0699. The summed E-state index contributed by atoms with van der Waals surface area (Å²) in [6.45, 7) is 3.74. The Morgan fingerprint density at radius 1 is 1.14 bits per heavy atom. The van der Waals surface area contributed by atoms with Gasteiger partial charge in [0.1, 0.15) is 5.69 Å². The summed E-state index contributed by atoms with van der Waals surface area (Å²) in [6, 6.07) is 7.07. The first-order valence-corrected chi connectivity index (χ1v) is 6.49. The highest BCUT2D eigenvalue weighted by Crippen LogP contribution is 2.26. The Balaban J connectivity index is 2.38. The van der Waals surface area contributed by atoms with Gasteiger partial charge in [0.2, 0.25) is 0 Å². The zero-order valence-electron chi connectivity index (χ0n) is 11.7. The molecule has 3 aromatic rings. The summed E-state index contributed by atoms with van der Waals surface area (Å²) in [6.07, 6.45) is 3.18. The lowest BCUT2D eigenvalue weighted by Gasteiger charge is -2.09. The Morgan fingerprint density at radius 3 is 2.62 bits per heavy atom. The molecule has 0 saturated heterocycles. The van der Waals surface area contributed by atoms with Crippen LogP contribution in [-0.4, -0.2) is 26.0 Å². The van der Waals surface area contributed by atoms with Gasteiger partial charge in [0, 0.05) is 17.8 Å². The molecule has 5 heteroatoms. The van der Waals surface area contributed by atoms with Crippen LogP contribution in [0.4, 0.5) is 0 Å². The first-order valence-electron chi connectivity index (χ1n) is 6.49. The molecule has 0 spiro atoms. The highest BCUT2D eigenvalue weighted by molar-refractivity contribution is 6.04. The van der Waals surface area contributed by atoms with Gasteiger partial charge in [-0.25, -0.2) is 9.78 Å². The van der Waals surface area contributed by atoms with E-state index in [0.29, 0.717) is 28.0 Å². The van der Waals surface area contributed by atoms with Gasteiger partial charge in [-0.1, -0.05) is 18.2 Å². The summed E-state index contributed by atoms with van der Waals surface area (Å²) in [5, 5.41) is 10.1. The molecule has 0 radical (unpaired) electrons. The third-order valence-electron chi connectivity index (χ3n) is 3.40. The van der Waals surface area contributed by atoms with Crippen molar-refractivity contribution in [2.75, 3.05) is 0 Å². The number of benzene rings is 1. The number of pyridine rings is 1. The minimum absolute atomic E-state index is 0.226. The zero-order chi connectivity index (χ0) is 15.0. The third-order valence-corrected chi connectivity index (χ3v) is 3.40. The Kier molecular flexibility index (Phi) is 3.10. The molecule has 3 rings (SSSR count). The van der Waals surface area contributed by atoms with Gasteiger partial charge in [-0.05, 0) is 25.5 Å². The monoisotopic (exact) mass is 279 g/mol. The van der Waals surface area contributed by atoms with Crippen LogP contribution < -0.4 is 0 Å². The van der Waals surface area contributed by atoms with Gasteiger partial charge in [-0.15, -0.1) is 0 Å². The summed E-state index contributed by atoms with van der Waals surface area (Å²) < 4.78 is 0. The van der Waals surface area contributed by atoms with Gasteiger partial charge in [-0.3, -0.25) is 9.97 Å². The van der Waals surface area contributed by atoms with E-state index in [1.807, 2.05) is 26.0 Å². The van der Waals surface area contributed by atoms with Crippen molar-refractivity contribution in [2.24, 2.45) is 0 Å². The molecule has 0 bridgehead atoms. The molecule has 0 unspecified atom stereocenters. The molecule has 0 aliphatic carbocycles. The molecule has 1 aromatic carbocycles. The van der Waals surface area contributed by atoms with Crippen molar-refractivity contribution in [1.82, 2.24) is 15.0 Å². The number of rotatable bonds is 2. The number of nitrogens with zero attached hydrogens (tertiary/aromatic N) is 3. The Morgan fingerprint density at radius 2 is 1.90 bits per heavy atom. The number of hydrogen-bond acceptors (Lipinski definition) is 4. The second-order valence-electron chi connectivity index (χ2n) is 4.82. The van der Waals surface area contributed by atoms with E-state index < -0.39 is 5.97 Å². The fraction of sp³-hybridized carbons (Fsp3) is 0.125. The summed E-state index contributed by atoms with van der Waals surface area (Å²) in [5.41, 5.74) is 3.68. The van der Waals surface area contributed by atoms with Crippen molar-refractivity contribution in [1.29, 1.82) is 0 Å². The first-order chi connectivity index (χ1) is 10.1. The van der Waals surface area contributed by atoms with Crippen LogP contribution in [0, 0.1) is 13.8 Å². The van der Waals surface area contributed by atoms with Gasteiger partial charge in [0.05, 0.1) is 22.5 Å². The van der Waals surface area contributed by atoms with Crippen molar-refractivity contribution in [3.05, 3.63) is 53.5 Å². The van der Waals surface area contributed by atoms with E-state index in [0.717, 1.165) is 5.56 Å². The van der Waals surface area contributed by atoms with E-state index in [1.54, 1.807) is 24.5 Å². The van der Waals surface area contributed by atoms with Crippen molar-refractivity contribution in [3.8, 4) is 11.4 Å². The molecule has 0 fully saturated rings. The topological polar surface area (TPSA) is 76.0 Å². The molecule has 21 heavy (non-hydrogen) atoms. The SMILES string of the molecule is Cc1nccnc1-c1cc(C(=O)O)c2cccc(C)c2n1. The number of fused-ring (bicyclic) bond motifs is 1. The Labute approximate surface area is 121 Å². The fourth-order valence-electron chi connectivity index (χ4n) is 2.35. The normalized spacial score (nSPS) is 10.8. The molecule has 0 aliphatic heterocycles. The minimum Gasteiger partial charge on any atom is -0.478 e. The third kappa shape index (κ3) is 2.23. The molecular formula is C16H13N3O2. The predicted molar refractivity (Wildman–Crippen MR) is 79.2 cm³/mol. The molecule has 0 atom stereocenters. The fourth-order valence-corrected chi connectivity index (χ4v) is 2.35. The van der Waals surface area contributed by atoms with E-state index in [4.69, 9.17) is 0 Å². The summed E-state index contributed by atoms with van der Waals surface area (Å²) >= 11 is 0. The number of aryl methyl sites for hydroxylation is 2. The van der Waals surface area contributed by atoms with E-state index in [2.05, 4.69) is 15.0 Å². The van der Waals surface area contributed by atoms with Crippen molar-refractivity contribution in [2.45, 2.75) is 13.8 Å². The number of hydrogen-bond donors (Lipinski definition) is 1. The van der Waals surface area contributed by atoms with E-state index in [1.165, 1.54) is 0 Å². The van der Waals surface area contributed by atoms with Crippen molar-refractivity contribution in [3.63, 3.8) is 0 Å². The average Bonchev–Trinajstić information content (AvgIpc) is 2.47. The molecule has 0 aliphatic rings. The maximum absolute atomic E-state index is 11.5. The molecule has 0 saturated carbocycles. The van der Waals surface area contributed by atoms with E-state index in [9.17, 15) is 9.90 Å². The van der Waals surface area contributed by atoms with Gasteiger partial charge in [0.25, 0.3) is 0 Å². The highest BCUT2D eigenvalue weighted by Gasteiger charge is 2.15. The Bertz CT molecular complexity index is 859. The molecule has 2 heterocycles. The second kappa shape index (κ2) is 4.94.